The average molecular weight is 643 g/mol. The zero-order valence-corrected chi connectivity index (χ0v) is 26.1. The van der Waals surface area contributed by atoms with Gasteiger partial charge in [-0.3, -0.25) is 9.69 Å². The number of aromatic hydroxyl groups is 1. The van der Waals surface area contributed by atoms with Crippen LogP contribution in [0.5, 0.6) is 17.2 Å². The number of fused-ring (bicyclic) bond motifs is 1. The Bertz CT molecular complexity index is 1420. The van der Waals surface area contributed by atoms with Gasteiger partial charge in [-0.25, -0.2) is 0 Å². The lowest BCUT2D eigenvalue weighted by Crippen LogP contribution is -2.67. The number of nitrogens with one attached hydrogen (secondary N) is 1. The number of likely N-dealkylation sites (N-methyl/N-ethyl adjacent to an activating group) is 1. The fourth-order valence-corrected chi connectivity index (χ4v) is 5.96. The first-order chi connectivity index (χ1) is 22.0. The predicted molar refractivity (Wildman–Crippen MR) is 165 cm³/mol. The smallest absolute Gasteiger partial charge is 0.247 e. The summed E-state index contributed by atoms with van der Waals surface area (Å²) < 4.78 is 28.5. The fraction of sp³-hybridized carbons (Fsp3) is 0.485. The monoisotopic (exact) mass is 642 g/mol. The van der Waals surface area contributed by atoms with Gasteiger partial charge in [0.25, 0.3) is 0 Å². The van der Waals surface area contributed by atoms with Crippen LogP contribution < -0.4 is 14.8 Å². The van der Waals surface area contributed by atoms with E-state index < -0.39 is 67.0 Å². The fourth-order valence-electron chi connectivity index (χ4n) is 5.96. The van der Waals surface area contributed by atoms with Crippen LogP contribution in [-0.4, -0.2) is 125 Å². The number of para-hydroxylation sites is 1. The molecule has 13 heteroatoms. The van der Waals surface area contributed by atoms with E-state index in [0.717, 1.165) is 11.3 Å². The SMILES string of the molecule is C/C(=C/COc1ccccc1)C1OC(Oc2ccc(/C=C(\C)C(=O)NC3C(O)C(O)C4OCOC4C3O)cc2O)C(N(C)C)C1O. The van der Waals surface area contributed by atoms with Crippen molar-refractivity contribution in [2.45, 2.75) is 74.9 Å². The van der Waals surface area contributed by atoms with Crippen molar-refractivity contribution >= 4 is 12.0 Å². The largest absolute Gasteiger partial charge is 0.504 e. The van der Waals surface area contributed by atoms with Crippen LogP contribution in [0.3, 0.4) is 0 Å². The number of phenols is 1. The van der Waals surface area contributed by atoms with Crippen molar-refractivity contribution in [3.8, 4) is 17.2 Å². The van der Waals surface area contributed by atoms with E-state index in [1.165, 1.54) is 25.1 Å². The number of amides is 1. The number of ether oxygens (including phenoxy) is 5. The summed E-state index contributed by atoms with van der Waals surface area (Å²) in [6.45, 7) is 3.54. The predicted octanol–water partition coefficient (Wildman–Crippen LogP) is 0.538. The maximum atomic E-state index is 12.9. The number of aliphatic hydroxyl groups is 4. The molecule has 2 aromatic carbocycles. The van der Waals surface area contributed by atoms with Gasteiger partial charge < -0.3 is 54.5 Å². The molecular formula is C33H42N2O11. The summed E-state index contributed by atoms with van der Waals surface area (Å²) in [5.74, 6) is 0.0352. The molecule has 0 spiro atoms. The molecule has 13 nitrogen and oxygen atoms in total. The third-order valence-electron chi connectivity index (χ3n) is 8.53. The molecule has 0 aromatic heterocycles. The highest BCUT2D eigenvalue weighted by atomic mass is 16.7. The van der Waals surface area contributed by atoms with Crippen LogP contribution in [0.15, 0.2) is 65.8 Å². The minimum atomic E-state index is -1.47. The molecule has 46 heavy (non-hydrogen) atoms. The molecule has 3 aliphatic rings. The molecule has 2 saturated heterocycles. The minimum absolute atomic E-state index is 0.119. The van der Waals surface area contributed by atoms with Gasteiger partial charge in [0.05, 0.1) is 6.04 Å². The Morgan fingerprint density at radius 2 is 1.67 bits per heavy atom. The van der Waals surface area contributed by atoms with Crippen molar-refractivity contribution in [2.24, 2.45) is 0 Å². The Morgan fingerprint density at radius 3 is 2.35 bits per heavy atom. The Balaban J connectivity index is 1.22. The van der Waals surface area contributed by atoms with E-state index in [4.69, 9.17) is 23.7 Å². The molecule has 0 bridgehead atoms. The number of hydrogen-bond donors (Lipinski definition) is 6. The summed E-state index contributed by atoms with van der Waals surface area (Å²) in [4.78, 5) is 14.7. The van der Waals surface area contributed by atoms with Crippen LogP contribution >= 0.6 is 0 Å². The van der Waals surface area contributed by atoms with Crippen LogP contribution in [-0.2, 0) is 19.0 Å². The van der Waals surface area contributed by atoms with Gasteiger partial charge in [-0.2, -0.15) is 0 Å². The molecule has 1 aliphatic carbocycles. The average Bonchev–Trinajstić information content (AvgIpc) is 3.65. The lowest BCUT2D eigenvalue weighted by atomic mass is 9.83. The summed E-state index contributed by atoms with van der Waals surface area (Å²) in [6, 6.07) is 12.2. The topological polar surface area (TPSA) is 180 Å². The van der Waals surface area contributed by atoms with Crippen molar-refractivity contribution in [1.82, 2.24) is 10.2 Å². The highest BCUT2D eigenvalue weighted by Gasteiger charge is 2.53. The highest BCUT2D eigenvalue weighted by Crippen LogP contribution is 2.35. The van der Waals surface area contributed by atoms with Crippen molar-refractivity contribution < 1.29 is 54.0 Å². The minimum Gasteiger partial charge on any atom is -0.504 e. The summed E-state index contributed by atoms with van der Waals surface area (Å²) in [5, 5.41) is 56.0. The number of aliphatic hydroxyl groups excluding tert-OH is 4. The van der Waals surface area contributed by atoms with Crippen LogP contribution in [0.25, 0.3) is 6.08 Å². The molecule has 10 unspecified atom stereocenters. The molecule has 1 saturated carbocycles. The molecule has 10 atom stereocenters. The molecule has 250 valence electrons. The third kappa shape index (κ3) is 7.22. The van der Waals surface area contributed by atoms with Crippen LogP contribution in [0.4, 0.5) is 0 Å². The van der Waals surface area contributed by atoms with Gasteiger partial charge >= 0.3 is 0 Å². The van der Waals surface area contributed by atoms with Crippen LogP contribution in [0.2, 0.25) is 0 Å². The lowest BCUT2D eigenvalue weighted by molar-refractivity contribution is -0.155. The standard InChI is InChI=1S/C33H42N2O11/c1-17(12-13-42-20-8-6-5-7-9-20)29-27(39)24(35(3)4)33(46-29)45-22-11-10-19(15-21(22)36)14-18(2)32(41)34-23-25(37)28(40)31-30(26(23)38)43-16-44-31/h5-12,14-15,23-31,33,36-40H,13,16H2,1-4H3,(H,34,41)/b17-12-,18-14+. The number of benzene rings is 2. The first-order valence-corrected chi connectivity index (χ1v) is 15.1. The summed E-state index contributed by atoms with van der Waals surface area (Å²) >= 11 is 0. The van der Waals surface area contributed by atoms with Gasteiger partial charge in [0, 0.05) is 5.57 Å². The second-order valence-corrected chi connectivity index (χ2v) is 12.0. The van der Waals surface area contributed by atoms with E-state index in [1.54, 1.807) is 25.1 Å². The summed E-state index contributed by atoms with van der Waals surface area (Å²) in [6.07, 6.45) is -5.04. The first kappa shape index (κ1) is 33.8. The van der Waals surface area contributed by atoms with E-state index in [2.05, 4.69) is 5.32 Å². The number of carbonyl (C=O) groups excluding carboxylic acids is 1. The normalized spacial score (nSPS) is 33.2. The molecule has 5 rings (SSSR count). The Morgan fingerprint density at radius 1 is 0.978 bits per heavy atom. The Hall–Kier alpha value is -3.53. The van der Waals surface area contributed by atoms with E-state index in [-0.39, 0.29) is 23.9 Å². The van der Waals surface area contributed by atoms with Gasteiger partial charge in [0.1, 0.15) is 67.9 Å². The number of nitrogens with zero attached hydrogens (tertiary/aromatic N) is 1. The Labute approximate surface area is 267 Å². The lowest BCUT2D eigenvalue weighted by Gasteiger charge is -2.41. The molecule has 2 aliphatic heterocycles. The third-order valence-corrected chi connectivity index (χ3v) is 8.53. The molecule has 0 radical (unpaired) electrons. The summed E-state index contributed by atoms with van der Waals surface area (Å²) in [5.41, 5.74) is 1.46. The number of hydrogen-bond acceptors (Lipinski definition) is 12. The molecule has 2 aromatic rings. The number of rotatable bonds is 10. The quantitative estimate of drug-likeness (QED) is 0.157. The van der Waals surface area contributed by atoms with E-state index in [1.807, 2.05) is 43.3 Å². The van der Waals surface area contributed by atoms with Crippen LogP contribution in [0, 0.1) is 0 Å². The first-order valence-electron chi connectivity index (χ1n) is 15.1. The molecule has 3 fully saturated rings. The van der Waals surface area contributed by atoms with Gasteiger partial charge in [-0.1, -0.05) is 24.3 Å². The van der Waals surface area contributed by atoms with E-state index in [0.29, 0.717) is 12.2 Å². The molecule has 1 amide bonds. The van der Waals surface area contributed by atoms with Gasteiger partial charge in [0.15, 0.2) is 11.5 Å². The van der Waals surface area contributed by atoms with Crippen LogP contribution in [0.1, 0.15) is 19.4 Å². The van der Waals surface area contributed by atoms with Gasteiger partial charge in [-0.05, 0) is 75.5 Å². The van der Waals surface area contributed by atoms with Gasteiger partial charge in [-0.15, -0.1) is 0 Å². The Kier molecular flexibility index (Phi) is 10.7. The van der Waals surface area contributed by atoms with E-state index >= 15 is 0 Å². The zero-order chi connectivity index (χ0) is 33.1. The molecule has 2 heterocycles. The van der Waals surface area contributed by atoms with Gasteiger partial charge in [0.2, 0.25) is 12.2 Å². The summed E-state index contributed by atoms with van der Waals surface area (Å²) in [7, 11) is 3.60. The molecule has 6 N–H and O–H groups in total. The number of phenolic OH excluding ortho intramolecular Hbond substituents is 1. The maximum Gasteiger partial charge on any atom is 0.247 e. The zero-order valence-electron chi connectivity index (χ0n) is 26.1. The maximum absolute atomic E-state index is 12.9. The van der Waals surface area contributed by atoms with Crippen molar-refractivity contribution in [1.29, 1.82) is 0 Å². The van der Waals surface area contributed by atoms with Crippen molar-refractivity contribution in [3.63, 3.8) is 0 Å². The van der Waals surface area contributed by atoms with Crippen molar-refractivity contribution in [3.05, 3.63) is 71.3 Å². The number of carbonyl (C=O) groups is 1. The highest BCUT2D eigenvalue weighted by molar-refractivity contribution is 5.97. The second-order valence-electron chi connectivity index (χ2n) is 12.0. The van der Waals surface area contributed by atoms with E-state index in [9.17, 15) is 30.3 Å². The second kappa shape index (κ2) is 14.5. The molecular weight excluding hydrogens is 600 g/mol. The van der Waals surface area contributed by atoms with Crippen molar-refractivity contribution in [2.75, 3.05) is 27.5 Å².